The lowest BCUT2D eigenvalue weighted by Gasteiger charge is -2.29. The van der Waals surface area contributed by atoms with E-state index >= 15 is 0 Å². The topological polar surface area (TPSA) is 41.5 Å². The molecule has 0 fully saturated rings. The molecule has 2 unspecified atom stereocenters. The lowest BCUT2D eigenvalue weighted by molar-refractivity contribution is -0.0488. The van der Waals surface area contributed by atoms with Crippen LogP contribution in [0.3, 0.4) is 0 Å². The Bertz CT molecular complexity index is 191. The van der Waals surface area contributed by atoms with E-state index in [1.165, 1.54) is 0 Å². The van der Waals surface area contributed by atoms with Crippen LogP contribution in [0.2, 0.25) is 0 Å². The van der Waals surface area contributed by atoms with Gasteiger partial charge >= 0.3 is 0 Å². The van der Waals surface area contributed by atoms with Crippen LogP contribution in [-0.2, 0) is 4.74 Å². The van der Waals surface area contributed by atoms with Gasteiger partial charge in [-0.25, -0.2) is 0 Å². The Kier molecular flexibility index (Phi) is 5.94. The van der Waals surface area contributed by atoms with E-state index in [9.17, 15) is 5.11 Å². The minimum atomic E-state index is -0.441. The van der Waals surface area contributed by atoms with Crippen LogP contribution in [0.1, 0.15) is 48.5 Å². The number of ether oxygens (including phenoxy) is 1. The molecule has 0 aliphatic heterocycles. The zero-order valence-electron chi connectivity index (χ0n) is 11.9. The molecule has 3 heteroatoms. The molecule has 0 aliphatic rings. The van der Waals surface area contributed by atoms with Gasteiger partial charge in [0.2, 0.25) is 0 Å². The number of hydrogen-bond donors (Lipinski definition) is 2. The van der Waals surface area contributed by atoms with Crippen molar-refractivity contribution >= 4 is 0 Å². The maximum Gasteiger partial charge on any atom is 0.0898 e. The third-order valence-corrected chi connectivity index (χ3v) is 2.67. The van der Waals surface area contributed by atoms with Crippen LogP contribution >= 0.6 is 0 Å². The lowest BCUT2D eigenvalue weighted by Crippen LogP contribution is -2.43. The van der Waals surface area contributed by atoms with Gasteiger partial charge in [0.25, 0.3) is 0 Å². The first kappa shape index (κ1) is 15.9. The lowest BCUT2D eigenvalue weighted by atomic mass is 9.88. The van der Waals surface area contributed by atoms with Crippen molar-refractivity contribution in [1.29, 1.82) is 0 Å². The van der Waals surface area contributed by atoms with E-state index in [4.69, 9.17) is 4.74 Å². The number of nitrogens with one attached hydrogen (secondary N) is 1. The Labute approximate surface area is 101 Å². The van der Waals surface area contributed by atoms with E-state index < -0.39 is 6.10 Å². The van der Waals surface area contributed by atoms with E-state index in [1.807, 2.05) is 20.8 Å². The van der Waals surface area contributed by atoms with Gasteiger partial charge in [0.05, 0.1) is 18.3 Å². The van der Waals surface area contributed by atoms with E-state index in [1.54, 1.807) is 0 Å². The van der Waals surface area contributed by atoms with Crippen molar-refractivity contribution in [2.75, 3.05) is 13.2 Å². The maximum absolute atomic E-state index is 9.74. The highest BCUT2D eigenvalue weighted by Crippen LogP contribution is 2.18. The largest absolute Gasteiger partial charge is 0.389 e. The SMILES string of the molecule is CC(NCC(O)COC(C)(C)C)C(C)(C)C. The van der Waals surface area contributed by atoms with Gasteiger partial charge in [0.15, 0.2) is 0 Å². The summed E-state index contributed by atoms with van der Waals surface area (Å²) < 4.78 is 5.52. The minimum Gasteiger partial charge on any atom is -0.389 e. The van der Waals surface area contributed by atoms with Crippen LogP contribution in [-0.4, -0.2) is 36.0 Å². The summed E-state index contributed by atoms with van der Waals surface area (Å²) in [6.07, 6.45) is -0.441. The molecular formula is C13H29NO2. The van der Waals surface area contributed by atoms with Crippen molar-refractivity contribution in [3.05, 3.63) is 0 Å². The number of rotatable bonds is 5. The quantitative estimate of drug-likeness (QED) is 0.762. The molecule has 16 heavy (non-hydrogen) atoms. The molecule has 0 spiro atoms. The van der Waals surface area contributed by atoms with Gasteiger partial charge in [-0.05, 0) is 33.1 Å². The van der Waals surface area contributed by atoms with Gasteiger partial charge in [-0.15, -0.1) is 0 Å². The Morgan fingerprint density at radius 1 is 1.12 bits per heavy atom. The van der Waals surface area contributed by atoms with Crippen LogP contribution in [0.5, 0.6) is 0 Å². The van der Waals surface area contributed by atoms with E-state index in [0.717, 1.165) is 0 Å². The van der Waals surface area contributed by atoms with Gasteiger partial charge in [0, 0.05) is 12.6 Å². The Morgan fingerprint density at radius 2 is 1.62 bits per heavy atom. The third kappa shape index (κ3) is 8.08. The molecule has 98 valence electrons. The average molecular weight is 231 g/mol. The second-order valence-corrected chi connectivity index (χ2v) is 6.57. The molecule has 3 nitrogen and oxygen atoms in total. The van der Waals surface area contributed by atoms with Crippen LogP contribution < -0.4 is 5.32 Å². The molecule has 0 rings (SSSR count). The summed E-state index contributed by atoms with van der Waals surface area (Å²) in [5.41, 5.74) is 0.0290. The molecule has 2 atom stereocenters. The molecular weight excluding hydrogens is 202 g/mol. The summed E-state index contributed by atoms with van der Waals surface area (Å²) in [5.74, 6) is 0. The highest BCUT2D eigenvalue weighted by molar-refractivity contribution is 4.77. The summed E-state index contributed by atoms with van der Waals surface area (Å²) in [6, 6.07) is 0.372. The van der Waals surface area contributed by atoms with Crippen LogP contribution in [0.15, 0.2) is 0 Å². The smallest absolute Gasteiger partial charge is 0.0898 e. The summed E-state index contributed by atoms with van der Waals surface area (Å²) in [6.45, 7) is 15.6. The Morgan fingerprint density at radius 3 is 2.00 bits per heavy atom. The normalized spacial score (nSPS) is 17.2. The van der Waals surface area contributed by atoms with Gasteiger partial charge in [-0.2, -0.15) is 0 Å². The first-order valence-corrected chi connectivity index (χ1v) is 6.08. The first-order valence-electron chi connectivity index (χ1n) is 6.08. The average Bonchev–Trinajstić information content (AvgIpc) is 2.08. The molecule has 0 saturated heterocycles. The molecule has 0 bridgehead atoms. The van der Waals surface area contributed by atoms with Gasteiger partial charge in [-0.3, -0.25) is 0 Å². The summed E-state index contributed by atoms with van der Waals surface area (Å²) in [7, 11) is 0. The fraction of sp³-hybridized carbons (Fsp3) is 1.00. The van der Waals surface area contributed by atoms with Crippen molar-refractivity contribution in [2.24, 2.45) is 5.41 Å². The molecule has 0 heterocycles. The van der Waals surface area contributed by atoms with Gasteiger partial charge in [0.1, 0.15) is 0 Å². The highest BCUT2D eigenvalue weighted by Gasteiger charge is 2.20. The van der Waals surface area contributed by atoms with Crippen LogP contribution in [0.4, 0.5) is 0 Å². The van der Waals surface area contributed by atoms with Crippen molar-refractivity contribution in [1.82, 2.24) is 5.32 Å². The zero-order valence-corrected chi connectivity index (χ0v) is 11.9. The van der Waals surface area contributed by atoms with E-state index in [-0.39, 0.29) is 11.0 Å². The number of hydrogen-bond acceptors (Lipinski definition) is 3. The van der Waals surface area contributed by atoms with Crippen molar-refractivity contribution in [2.45, 2.75) is 66.2 Å². The standard InChI is InChI=1S/C13H29NO2/c1-10(12(2,3)4)14-8-11(15)9-16-13(5,6)7/h10-11,14-15H,8-9H2,1-7H3. The fourth-order valence-electron chi connectivity index (χ4n) is 1.02. The Hall–Kier alpha value is -0.120. The predicted molar refractivity (Wildman–Crippen MR) is 68.6 cm³/mol. The minimum absolute atomic E-state index is 0.184. The second-order valence-electron chi connectivity index (χ2n) is 6.57. The van der Waals surface area contributed by atoms with E-state index in [2.05, 4.69) is 33.0 Å². The van der Waals surface area contributed by atoms with Gasteiger partial charge in [-0.1, -0.05) is 20.8 Å². The predicted octanol–water partition coefficient (Wildman–Crippen LogP) is 2.19. The van der Waals surface area contributed by atoms with Crippen LogP contribution in [0.25, 0.3) is 0 Å². The summed E-state index contributed by atoms with van der Waals surface area (Å²) in [5, 5.41) is 13.1. The monoisotopic (exact) mass is 231 g/mol. The summed E-state index contributed by atoms with van der Waals surface area (Å²) >= 11 is 0. The molecule has 0 aromatic rings. The highest BCUT2D eigenvalue weighted by atomic mass is 16.5. The van der Waals surface area contributed by atoms with Crippen molar-refractivity contribution < 1.29 is 9.84 Å². The molecule has 0 aromatic carbocycles. The molecule has 0 aliphatic carbocycles. The van der Waals surface area contributed by atoms with E-state index in [0.29, 0.717) is 19.2 Å². The van der Waals surface area contributed by atoms with Crippen molar-refractivity contribution in [3.8, 4) is 0 Å². The number of aliphatic hydroxyl groups is 1. The second kappa shape index (κ2) is 5.99. The molecule has 0 amide bonds. The number of aliphatic hydroxyl groups excluding tert-OH is 1. The molecule has 2 N–H and O–H groups in total. The van der Waals surface area contributed by atoms with Crippen molar-refractivity contribution in [3.63, 3.8) is 0 Å². The van der Waals surface area contributed by atoms with Gasteiger partial charge < -0.3 is 15.2 Å². The molecule has 0 radical (unpaired) electrons. The maximum atomic E-state index is 9.74. The molecule has 0 saturated carbocycles. The van der Waals surface area contributed by atoms with Crippen LogP contribution in [0, 0.1) is 5.41 Å². The first-order chi connectivity index (χ1) is 7.02. The third-order valence-electron chi connectivity index (χ3n) is 2.67. The fourth-order valence-corrected chi connectivity index (χ4v) is 1.02. The summed E-state index contributed by atoms with van der Waals surface area (Å²) in [4.78, 5) is 0. The zero-order chi connectivity index (χ0) is 13.0. The molecule has 0 aromatic heterocycles. The Balaban J connectivity index is 3.78.